The van der Waals surface area contributed by atoms with Crippen molar-refractivity contribution in [2.45, 2.75) is 33.2 Å². The van der Waals surface area contributed by atoms with Crippen molar-refractivity contribution in [3.8, 4) is 0 Å². The Morgan fingerprint density at radius 2 is 2.06 bits per heavy atom. The van der Waals surface area contributed by atoms with E-state index in [1.165, 1.54) is 24.1 Å². The van der Waals surface area contributed by atoms with Crippen LogP contribution in [0.15, 0.2) is 24.3 Å². The van der Waals surface area contributed by atoms with Gasteiger partial charge in [-0.3, -0.25) is 0 Å². The number of nitrogens with zero attached hydrogens (tertiary/aromatic N) is 1. The van der Waals surface area contributed by atoms with Gasteiger partial charge in [0.15, 0.2) is 0 Å². The third-order valence-corrected chi connectivity index (χ3v) is 2.86. The summed E-state index contributed by atoms with van der Waals surface area (Å²) in [4.78, 5) is 2.19. The summed E-state index contributed by atoms with van der Waals surface area (Å²) in [6, 6.07) is 8.71. The molecule has 0 spiro atoms. The minimum atomic E-state index is 0.748. The van der Waals surface area contributed by atoms with Crippen LogP contribution in [0.4, 0.5) is 5.69 Å². The molecule has 0 radical (unpaired) electrons. The number of hydrogen-bond acceptors (Lipinski definition) is 2. The van der Waals surface area contributed by atoms with Crippen molar-refractivity contribution in [2.24, 2.45) is 5.92 Å². The Morgan fingerprint density at radius 3 is 2.71 bits per heavy atom. The number of anilines is 1. The fraction of sp³-hybridized carbons (Fsp3) is 0.600. The van der Waals surface area contributed by atoms with E-state index in [1.807, 2.05) is 0 Å². The van der Waals surface area contributed by atoms with Crippen LogP contribution in [-0.4, -0.2) is 25.5 Å². The van der Waals surface area contributed by atoms with Crippen LogP contribution in [0.5, 0.6) is 0 Å². The van der Waals surface area contributed by atoms with E-state index in [1.54, 1.807) is 0 Å². The summed E-state index contributed by atoms with van der Waals surface area (Å²) < 4.78 is 0. The molecule has 0 aliphatic rings. The molecular weight excluding hydrogens is 208 g/mol. The second kappa shape index (κ2) is 7.33. The maximum absolute atomic E-state index is 3.52. The zero-order valence-corrected chi connectivity index (χ0v) is 11.7. The topological polar surface area (TPSA) is 15.3 Å². The summed E-state index contributed by atoms with van der Waals surface area (Å²) in [5.74, 6) is 0.748. The average Bonchev–Trinajstić information content (AvgIpc) is 2.26. The fourth-order valence-electron chi connectivity index (χ4n) is 2.03. The molecule has 0 saturated carbocycles. The quantitative estimate of drug-likeness (QED) is 0.775. The normalized spacial score (nSPS) is 12.8. The Hall–Kier alpha value is -1.02. The third kappa shape index (κ3) is 5.73. The van der Waals surface area contributed by atoms with Crippen molar-refractivity contribution in [1.82, 2.24) is 4.90 Å². The summed E-state index contributed by atoms with van der Waals surface area (Å²) in [6.45, 7) is 6.62. The van der Waals surface area contributed by atoms with Crippen molar-refractivity contribution < 1.29 is 0 Å². The number of nitrogens with one attached hydrogen (secondary N) is 1. The van der Waals surface area contributed by atoms with E-state index in [2.05, 4.69) is 62.4 Å². The first-order chi connectivity index (χ1) is 8.11. The molecule has 0 aromatic heterocycles. The van der Waals surface area contributed by atoms with Crippen molar-refractivity contribution in [2.75, 3.05) is 26.0 Å². The molecule has 0 fully saturated rings. The zero-order valence-electron chi connectivity index (χ0n) is 11.7. The molecule has 0 saturated heterocycles. The Balaban J connectivity index is 2.48. The molecule has 1 unspecified atom stereocenters. The van der Waals surface area contributed by atoms with Gasteiger partial charge in [0, 0.05) is 18.8 Å². The Kier molecular flexibility index (Phi) is 6.06. The monoisotopic (exact) mass is 234 g/mol. The lowest BCUT2D eigenvalue weighted by atomic mass is 10.1. The van der Waals surface area contributed by atoms with Crippen LogP contribution in [0.1, 0.15) is 32.3 Å². The highest BCUT2D eigenvalue weighted by atomic mass is 15.0. The van der Waals surface area contributed by atoms with Crippen molar-refractivity contribution in [1.29, 1.82) is 0 Å². The summed E-state index contributed by atoms with van der Waals surface area (Å²) in [5, 5.41) is 3.52. The summed E-state index contributed by atoms with van der Waals surface area (Å²) >= 11 is 0. The molecule has 2 heteroatoms. The van der Waals surface area contributed by atoms with Gasteiger partial charge in [-0.1, -0.05) is 32.4 Å². The molecule has 1 aromatic rings. The molecule has 1 atom stereocenters. The molecule has 0 heterocycles. The average molecular weight is 234 g/mol. The highest BCUT2D eigenvalue weighted by Gasteiger charge is 2.01. The first-order valence-corrected chi connectivity index (χ1v) is 6.59. The first kappa shape index (κ1) is 14.0. The van der Waals surface area contributed by atoms with Gasteiger partial charge in [0.1, 0.15) is 0 Å². The van der Waals surface area contributed by atoms with Crippen LogP contribution in [0, 0.1) is 5.92 Å². The van der Waals surface area contributed by atoms with Gasteiger partial charge < -0.3 is 10.2 Å². The van der Waals surface area contributed by atoms with Crippen LogP contribution in [0.3, 0.4) is 0 Å². The van der Waals surface area contributed by atoms with Gasteiger partial charge in [0.2, 0.25) is 0 Å². The van der Waals surface area contributed by atoms with Gasteiger partial charge in [-0.2, -0.15) is 0 Å². The number of hydrogen-bond donors (Lipinski definition) is 1. The Bertz CT molecular complexity index is 320. The molecule has 1 aromatic carbocycles. The van der Waals surface area contributed by atoms with E-state index in [9.17, 15) is 0 Å². The van der Waals surface area contributed by atoms with E-state index >= 15 is 0 Å². The summed E-state index contributed by atoms with van der Waals surface area (Å²) in [6.07, 6.45) is 2.56. The lowest BCUT2D eigenvalue weighted by molar-refractivity contribution is 0.402. The molecule has 1 rings (SSSR count). The molecule has 0 bridgehead atoms. The van der Waals surface area contributed by atoms with Crippen LogP contribution < -0.4 is 5.32 Å². The smallest absolute Gasteiger partial charge is 0.0343 e. The predicted octanol–water partition coefficient (Wildman–Crippen LogP) is 3.60. The second-order valence-corrected chi connectivity index (χ2v) is 5.21. The van der Waals surface area contributed by atoms with Gasteiger partial charge in [0.05, 0.1) is 0 Å². The van der Waals surface area contributed by atoms with E-state index in [-0.39, 0.29) is 0 Å². The van der Waals surface area contributed by atoms with E-state index in [0.717, 1.165) is 19.0 Å². The van der Waals surface area contributed by atoms with Gasteiger partial charge >= 0.3 is 0 Å². The molecule has 0 aliphatic heterocycles. The summed E-state index contributed by atoms with van der Waals surface area (Å²) in [7, 11) is 4.20. The minimum Gasteiger partial charge on any atom is -0.385 e. The largest absolute Gasteiger partial charge is 0.385 e. The molecule has 0 amide bonds. The fourth-order valence-corrected chi connectivity index (χ4v) is 2.03. The van der Waals surface area contributed by atoms with E-state index < -0.39 is 0 Å². The van der Waals surface area contributed by atoms with Crippen molar-refractivity contribution >= 4 is 5.69 Å². The first-order valence-electron chi connectivity index (χ1n) is 6.59. The maximum Gasteiger partial charge on any atom is 0.0343 e. The SMILES string of the molecule is CCCC(C)CNc1cccc(CN(C)C)c1. The second-order valence-electron chi connectivity index (χ2n) is 5.21. The van der Waals surface area contributed by atoms with Crippen LogP contribution in [0.2, 0.25) is 0 Å². The number of benzene rings is 1. The molecule has 17 heavy (non-hydrogen) atoms. The standard InChI is InChI=1S/C15H26N2/c1-5-7-13(2)11-16-15-9-6-8-14(10-15)12-17(3)4/h6,8-10,13,16H,5,7,11-12H2,1-4H3. The van der Waals surface area contributed by atoms with Gasteiger partial charge in [0.25, 0.3) is 0 Å². The molecule has 96 valence electrons. The maximum atomic E-state index is 3.52. The molecule has 1 N–H and O–H groups in total. The molecular formula is C15H26N2. The minimum absolute atomic E-state index is 0.748. The third-order valence-electron chi connectivity index (χ3n) is 2.86. The van der Waals surface area contributed by atoms with Crippen LogP contribution in [0.25, 0.3) is 0 Å². The van der Waals surface area contributed by atoms with Crippen LogP contribution in [-0.2, 0) is 6.54 Å². The van der Waals surface area contributed by atoms with Gasteiger partial charge in [-0.15, -0.1) is 0 Å². The lowest BCUT2D eigenvalue weighted by Gasteiger charge is -2.14. The van der Waals surface area contributed by atoms with Gasteiger partial charge in [-0.25, -0.2) is 0 Å². The molecule has 0 aliphatic carbocycles. The van der Waals surface area contributed by atoms with Crippen LogP contribution >= 0.6 is 0 Å². The highest BCUT2D eigenvalue weighted by molar-refractivity contribution is 5.45. The highest BCUT2D eigenvalue weighted by Crippen LogP contribution is 2.13. The zero-order chi connectivity index (χ0) is 12.7. The number of rotatable bonds is 7. The Labute approximate surface area is 106 Å². The molecule has 2 nitrogen and oxygen atoms in total. The van der Waals surface area contributed by atoms with Gasteiger partial charge in [-0.05, 0) is 44.1 Å². The van der Waals surface area contributed by atoms with E-state index in [4.69, 9.17) is 0 Å². The Morgan fingerprint density at radius 1 is 1.29 bits per heavy atom. The lowest BCUT2D eigenvalue weighted by Crippen LogP contribution is -2.12. The van der Waals surface area contributed by atoms with E-state index in [0.29, 0.717) is 0 Å². The summed E-state index contributed by atoms with van der Waals surface area (Å²) in [5.41, 5.74) is 2.61. The predicted molar refractivity (Wildman–Crippen MR) is 76.4 cm³/mol. The van der Waals surface area contributed by atoms with Crippen molar-refractivity contribution in [3.63, 3.8) is 0 Å². The van der Waals surface area contributed by atoms with Crippen molar-refractivity contribution in [3.05, 3.63) is 29.8 Å².